The number of amides is 1. The lowest BCUT2D eigenvalue weighted by atomic mass is 10.2. The van der Waals surface area contributed by atoms with Crippen molar-refractivity contribution in [2.24, 2.45) is 0 Å². The molecule has 0 aromatic carbocycles. The summed E-state index contributed by atoms with van der Waals surface area (Å²) in [5, 5.41) is 4.04. The minimum absolute atomic E-state index is 0.0363. The second kappa shape index (κ2) is 5.21. The van der Waals surface area contributed by atoms with Crippen LogP contribution in [-0.4, -0.2) is 47.1 Å². The van der Waals surface area contributed by atoms with Gasteiger partial charge in [-0.1, -0.05) is 11.3 Å². The predicted molar refractivity (Wildman–Crippen MR) is 79.1 cm³/mol. The van der Waals surface area contributed by atoms with Crippen LogP contribution in [0, 0.1) is 0 Å². The standard InChI is InChI=1S/C13H20N4O2S/c1-7-5-17(6-8(2)19-7)12(18)10-11(14)16-13(20-10)15-9-3-4-9/h7-9H,3-6,14H2,1-2H3,(H,15,16)/t7-,8+. The first-order valence-electron chi connectivity index (χ1n) is 7.00. The van der Waals surface area contributed by atoms with Gasteiger partial charge < -0.3 is 20.7 Å². The van der Waals surface area contributed by atoms with E-state index in [1.54, 1.807) is 0 Å². The molecule has 110 valence electrons. The molecule has 1 amide bonds. The van der Waals surface area contributed by atoms with Crippen LogP contribution in [0.25, 0.3) is 0 Å². The summed E-state index contributed by atoms with van der Waals surface area (Å²) in [7, 11) is 0. The van der Waals surface area contributed by atoms with E-state index >= 15 is 0 Å². The maximum Gasteiger partial charge on any atom is 0.268 e. The van der Waals surface area contributed by atoms with Crippen molar-refractivity contribution in [3.63, 3.8) is 0 Å². The topological polar surface area (TPSA) is 80.5 Å². The highest BCUT2D eigenvalue weighted by Crippen LogP contribution is 2.31. The third kappa shape index (κ3) is 2.88. The third-order valence-corrected chi connectivity index (χ3v) is 4.45. The lowest BCUT2D eigenvalue weighted by molar-refractivity contribution is -0.0584. The Bertz CT molecular complexity index is 504. The van der Waals surface area contributed by atoms with Crippen LogP contribution in [0.1, 0.15) is 36.4 Å². The Labute approximate surface area is 122 Å². The number of carbonyl (C=O) groups excluding carboxylic acids is 1. The normalized spacial score (nSPS) is 26.6. The molecule has 0 bridgehead atoms. The summed E-state index contributed by atoms with van der Waals surface area (Å²) >= 11 is 1.35. The number of nitrogen functional groups attached to an aromatic ring is 1. The van der Waals surface area contributed by atoms with Crippen molar-refractivity contribution in [2.75, 3.05) is 24.1 Å². The second-order valence-corrected chi connectivity index (χ2v) is 6.62. The Morgan fingerprint density at radius 1 is 1.40 bits per heavy atom. The number of carbonyl (C=O) groups is 1. The summed E-state index contributed by atoms with van der Waals surface area (Å²) in [4.78, 5) is 19.2. The highest BCUT2D eigenvalue weighted by molar-refractivity contribution is 7.18. The fourth-order valence-corrected chi connectivity index (χ4v) is 3.37. The minimum Gasteiger partial charge on any atom is -0.382 e. The van der Waals surface area contributed by atoms with E-state index in [0.29, 0.717) is 29.8 Å². The van der Waals surface area contributed by atoms with Crippen molar-refractivity contribution >= 4 is 28.2 Å². The Kier molecular flexibility index (Phi) is 3.55. The zero-order chi connectivity index (χ0) is 14.3. The number of ether oxygens (including phenoxy) is 1. The zero-order valence-corrected chi connectivity index (χ0v) is 12.6. The van der Waals surface area contributed by atoms with Gasteiger partial charge in [-0.2, -0.15) is 0 Å². The number of nitrogens with zero attached hydrogens (tertiary/aromatic N) is 2. The van der Waals surface area contributed by atoms with Crippen LogP contribution in [0.4, 0.5) is 10.9 Å². The fourth-order valence-electron chi connectivity index (χ4n) is 2.44. The molecule has 1 aromatic heterocycles. The molecule has 3 rings (SSSR count). The van der Waals surface area contributed by atoms with Gasteiger partial charge in [-0.3, -0.25) is 4.79 Å². The molecule has 3 N–H and O–H groups in total. The van der Waals surface area contributed by atoms with Gasteiger partial charge in [-0.05, 0) is 26.7 Å². The monoisotopic (exact) mass is 296 g/mol. The maximum atomic E-state index is 12.6. The summed E-state index contributed by atoms with van der Waals surface area (Å²) in [5.74, 6) is 0.292. The van der Waals surface area contributed by atoms with Crippen LogP contribution in [0.3, 0.4) is 0 Å². The molecule has 2 fully saturated rings. The van der Waals surface area contributed by atoms with Gasteiger partial charge in [0, 0.05) is 19.1 Å². The SMILES string of the molecule is C[C@@H]1CN(C(=O)c2sc(NC3CC3)nc2N)C[C@H](C)O1. The number of rotatable bonds is 3. The van der Waals surface area contributed by atoms with E-state index in [1.165, 1.54) is 24.2 Å². The minimum atomic E-state index is -0.0363. The van der Waals surface area contributed by atoms with Crippen LogP contribution in [0.15, 0.2) is 0 Å². The van der Waals surface area contributed by atoms with Gasteiger partial charge in [0.25, 0.3) is 5.91 Å². The molecule has 1 saturated carbocycles. The van der Waals surface area contributed by atoms with Gasteiger partial charge in [-0.15, -0.1) is 0 Å². The van der Waals surface area contributed by atoms with Gasteiger partial charge in [0.05, 0.1) is 12.2 Å². The highest BCUT2D eigenvalue weighted by Gasteiger charge is 2.30. The van der Waals surface area contributed by atoms with Crippen LogP contribution < -0.4 is 11.1 Å². The van der Waals surface area contributed by atoms with Crippen molar-refractivity contribution < 1.29 is 9.53 Å². The molecule has 2 heterocycles. The molecule has 7 heteroatoms. The smallest absolute Gasteiger partial charge is 0.268 e. The molecule has 1 saturated heterocycles. The van der Waals surface area contributed by atoms with E-state index in [-0.39, 0.29) is 18.1 Å². The van der Waals surface area contributed by atoms with Crippen LogP contribution in [-0.2, 0) is 4.74 Å². The van der Waals surface area contributed by atoms with Crippen molar-refractivity contribution in [3.05, 3.63) is 4.88 Å². The average Bonchev–Trinajstić information content (AvgIpc) is 3.10. The molecule has 1 aliphatic carbocycles. The number of thiazole rings is 1. The number of aromatic nitrogens is 1. The first-order chi connectivity index (χ1) is 9.52. The molecule has 0 unspecified atom stereocenters. The van der Waals surface area contributed by atoms with E-state index in [0.717, 1.165) is 5.13 Å². The molecular weight excluding hydrogens is 276 g/mol. The lowest BCUT2D eigenvalue weighted by Gasteiger charge is -2.35. The molecule has 0 radical (unpaired) electrons. The predicted octanol–water partition coefficient (Wildman–Crippen LogP) is 1.55. The van der Waals surface area contributed by atoms with Crippen molar-refractivity contribution in [3.8, 4) is 0 Å². The Balaban J connectivity index is 1.73. The van der Waals surface area contributed by atoms with Crippen LogP contribution in [0.5, 0.6) is 0 Å². The summed E-state index contributed by atoms with van der Waals surface area (Å²) in [6.07, 6.45) is 2.45. The number of nitrogens with two attached hydrogens (primary N) is 1. The number of morpholine rings is 1. The summed E-state index contributed by atoms with van der Waals surface area (Å²) in [5.41, 5.74) is 5.89. The summed E-state index contributed by atoms with van der Waals surface area (Å²) < 4.78 is 5.65. The molecule has 20 heavy (non-hydrogen) atoms. The van der Waals surface area contributed by atoms with Crippen molar-refractivity contribution in [1.29, 1.82) is 0 Å². The Morgan fingerprint density at radius 3 is 2.65 bits per heavy atom. The number of hydrogen-bond acceptors (Lipinski definition) is 6. The maximum absolute atomic E-state index is 12.6. The largest absolute Gasteiger partial charge is 0.382 e. The summed E-state index contributed by atoms with van der Waals surface area (Å²) in [6.45, 7) is 5.16. The van der Waals surface area contributed by atoms with Crippen molar-refractivity contribution in [2.45, 2.75) is 44.9 Å². The quantitative estimate of drug-likeness (QED) is 0.884. The Hall–Kier alpha value is -1.34. The lowest BCUT2D eigenvalue weighted by Crippen LogP contribution is -2.48. The van der Waals surface area contributed by atoms with E-state index in [1.807, 2.05) is 18.7 Å². The molecule has 2 atom stereocenters. The average molecular weight is 296 g/mol. The molecule has 1 aliphatic heterocycles. The van der Waals surface area contributed by atoms with Gasteiger partial charge in [-0.25, -0.2) is 4.98 Å². The molecule has 6 nitrogen and oxygen atoms in total. The van der Waals surface area contributed by atoms with E-state index in [9.17, 15) is 4.79 Å². The van der Waals surface area contributed by atoms with E-state index in [4.69, 9.17) is 10.5 Å². The molecule has 1 aromatic rings. The summed E-state index contributed by atoms with van der Waals surface area (Å²) in [6, 6.07) is 0.506. The number of nitrogens with one attached hydrogen (secondary N) is 1. The van der Waals surface area contributed by atoms with Crippen LogP contribution >= 0.6 is 11.3 Å². The molecular formula is C13H20N4O2S. The third-order valence-electron chi connectivity index (χ3n) is 3.46. The first kappa shape index (κ1) is 13.6. The highest BCUT2D eigenvalue weighted by atomic mass is 32.1. The second-order valence-electron chi connectivity index (χ2n) is 5.62. The number of anilines is 2. The van der Waals surface area contributed by atoms with Gasteiger partial charge in [0.2, 0.25) is 0 Å². The Morgan fingerprint density at radius 2 is 2.05 bits per heavy atom. The fraction of sp³-hybridized carbons (Fsp3) is 0.692. The van der Waals surface area contributed by atoms with Crippen molar-refractivity contribution in [1.82, 2.24) is 9.88 Å². The molecule has 0 spiro atoms. The van der Waals surface area contributed by atoms with E-state index < -0.39 is 0 Å². The molecule has 2 aliphatic rings. The first-order valence-corrected chi connectivity index (χ1v) is 7.82. The number of hydrogen-bond donors (Lipinski definition) is 2. The zero-order valence-electron chi connectivity index (χ0n) is 11.8. The van der Waals surface area contributed by atoms with Gasteiger partial charge in [0.1, 0.15) is 10.7 Å². The van der Waals surface area contributed by atoms with Crippen LogP contribution in [0.2, 0.25) is 0 Å². The van der Waals surface area contributed by atoms with Gasteiger partial charge >= 0.3 is 0 Å². The van der Waals surface area contributed by atoms with E-state index in [2.05, 4.69) is 10.3 Å². The van der Waals surface area contributed by atoms with Gasteiger partial charge in [0.15, 0.2) is 5.13 Å².